The Morgan fingerprint density at radius 2 is 2.04 bits per heavy atom. The lowest BCUT2D eigenvalue weighted by atomic mass is 10.2. The number of hydrogen-bond acceptors (Lipinski definition) is 4. The lowest BCUT2D eigenvalue weighted by Crippen LogP contribution is -2.43. The summed E-state index contributed by atoms with van der Waals surface area (Å²) in [7, 11) is 1.69. The average molecular weight is 343 g/mol. The van der Waals surface area contributed by atoms with E-state index < -0.39 is 6.04 Å². The van der Waals surface area contributed by atoms with Gasteiger partial charge in [-0.2, -0.15) is 0 Å². The maximum absolute atomic E-state index is 12.7. The summed E-state index contributed by atoms with van der Waals surface area (Å²) in [6.45, 7) is 4.72. The van der Waals surface area contributed by atoms with Crippen LogP contribution in [0.5, 0.6) is 0 Å². The zero-order valence-corrected chi connectivity index (χ0v) is 14.9. The van der Waals surface area contributed by atoms with Gasteiger partial charge in [0, 0.05) is 24.7 Å². The van der Waals surface area contributed by atoms with Crippen LogP contribution < -0.4 is 4.90 Å². The maximum atomic E-state index is 12.7. The summed E-state index contributed by atoms with van der Waals surface area (Å²) in [4.78, 5) is 33.1. The second kappa shape index (κ2) is 6.73. The average Bonchev–Trinajstić information content (AvgIpc) is 3.21. The smallest absolute Gasteiger partial charge is 0.283 e. The molecule has 0 radical (unpaired) electrons. The number of likely N-dealkylation sites (N-methyl/N-ethyl adjacent to an activating group) is 1. The molecular formula is C18H21N3O2S. The van der Waals surface area contributed by atoms with Crippen molar-refractivity contribution >= 4 is 28.8 Å². The molecule has 6 heteroatoms. The number of benzene rings is 1. The van der Waals surface area contributed by atoms with Crippen molar-refractivity contribution in [1.82, 2.24) is 9.88 Å². The van der Waals surface area contributed by atoms with Crippen molar-refractivity contribution in [3.8, 4) is 0 Å². The van der Waals surface area contributed by atoms with E-state index in [2.05, 4.69) is 4.98 Å². The fraction of sp³-hybridized carbons (Fsp3) is 0.389. The van der Waals surface area contributed by atoms with Gasteiger partial charge in [-0.3, -0.25) is 9.59 Å². The Morgan fingerprint density at radius 3 is 2.67 bits per heavy atom. The molecule has 1 aromatic heterocycles. The minimum atomic E-state index is -0.427. The van der Waals surface area contributed by atoms with Crippen molar-refractivity contribution in [3.63, 3.8) is 0 Å². The zero-order valence-electron chi connectivity index (χ0n) is 14.1. The zero-order chi connectivity index (χ0) is 17.3. The summed E-state index contributed by atoms with van der Waals surface area (Å²) in [5.74, 6) is 0.0765. The molecule has 0 saturated carbocycles. The number of anilines is 1. The third-order valence-electron chi connectivity index (χ3n) is 4.33. The molecule has 5 nitrogen and oxygen atoms in total. The molecule has 0 aliphatic carbocycles. The fourth-order valence-electron chi connectivity index (χ4n) is 2.83. The van der Waals surface area contributed by atoms with Crippen LogP contribution in [0.25, 0.3) is 0 Å². The van der Waals surface area contributed by atoms with Gasteiger partial charge in [-0.25, -0.2) is 4.98 Å². The van der Waals surface area contributed by atoms with Crippen LogP contribution in [0.1, 0.15) is 41.7 Å². The fourth-order valence-corrected chi connectivity index (χ4v) is 3.79. The van der Waals surface area contributed by atoms with Crippen LogP contribution >= 0.6 is 11.3 Å². The second-order valence-electron chi connectivity index (χ2n) is 6.28. The monoisotopic (exact) mass is 343 g/mol. The topological polar surface area (TPSA) is 53.5 Å². The van der Waals surface area contributed by atoms with E-state index in [4.69, 9.17) is 0 Å². The van der Waals surface area contributed by atoms with Gasteiger partial charge in [0.1, 0.15) is 6.04 Å². The van der Waals surface area contributed by atoms with E-state index in [9.17, 15) is 9.59 Å². The van der Waals surface area contributed by atoms with Crippen LogP contribution in [0.2, 0.25) is 0 Å². The Hall–Kier alpha value is -2.21. The second-order valence-corrected chi connectivity index (χ2v) is 7.14. The molecule has 1 atom stereocenters. The van der Waals surface area contributed by atoms with E-state index in [-0.39, 0.29) is 17.7 Å². The molecule has 2 heterocycles. The van der Waals surface area contributed by atoms with E-state index in [0.29, 0.717) is 18.0 Å². The number of nitrogens with zero attached hydrogens (tertiary/aromatic N) is 3. The first kappa shape index (κ1) is 16.6. The van der Waals surface area contributed by atoms with Crippen molar-refractivity contribution in [1.29, 1.82) is 0 Å². The Bertz CT molecular complexity index is 742. The molecule has 126 valence electrons. The van der Waals surface area contributed by atoms with Gasteiger partial charge in [0.15, 0.2) is 5.01 Å². The molecule has 0 N–H and O–H groups in total. The summed E-state index contributed by atoms with van der Waals surface area (Å²) in [6.07, 6.45) is 0.637. The first-order valence-corrected chi connectivity index (χ1v) is 8.96. The molecule has 24 heavy (non-hydrogen) atoms. The predicted molar refractivity (Wildman–Crippen MR) is 95.5 cm³/mol. The van der Waals surface area contributed by atoms with Crippen LogP contribution in [0, 0.1) is 0 Å². The molecule has 2 aromatic rings. The summed E-state index contributed by atoms with van der Waals surface area (Å²) >= 11 is 1.34. The molecule has 1 aromatic carbocycles. The lowest BCUT2D eigenvalue weighted by molar-refractivity contribution is -0.120. The van der Waals surface area contributed by atoms with E-state index in [1.807, 2.05) is 49.6 Å². The highest BCUT2D eigenvalue weighted by atomic mass is 32.1. The van der Waals surface area contributed by atoms with Crippen LogP contribution in [0.3, 0.4) is 0 Å². The lowest BCUT2D eigenvalue weighted by Gasteiger charge is -2.23. The highest BCUT2D eigenvalue weighted by Gasteiger charge is 2.37. The summed E-state index contributed by atoms with van der Waals surface area (Å²) in [6, 6.07) is 9.15. The quantitative estimate of drug-likeness (QED) is 0.857. The van der Waals surface area contributed by atoms with Crippen LogP contribution in [-0.4, -0.2) is 41.3 Å². The van der Waals surface area contributed by atoms with E-state index in [1.165, 1.54) is 16.2 Å². The number of para-hydroxylation sites is 1. The van der Waals surface area contributed by atoms with E-state index >= 15 is 0 Å². The van der Waals surface area contributed by atoms with Gasteiger partial charge in [0.05, 0.1) is 5.69 Å². The molecule has 1 saturated heterocycles. The van der Waals surface area contributed by atoms with Gasteiger partial charge >= 0.3 is 0 Å². The van der Waals surface area contributed by atoms with Crippen LogP contribution in [0.4, 0.5) is 5.69 Å². The van der Waals surface area contributed by atoms with Crippen molar-refractivity contribution in [2.45, 2.75) is 32.2 Å². The molecule has 1 fully saturated rings. The highest BCUT2D eigenvalue weighted by molar-refractivity contribution is 7.11. The summed E-state index contributed by atoms with van der Waals surface area (Å²) < 4.78 is 0. The van der Waals surface area contributed by atoms with Gasteiger partial charge in [0.25, 0.3) is 5.91 Å². The SMILES string of the molecule is CC(C)c1csc(C(=O)N(C)[C@@H]2CCN(c3ccccc3)C2=O)n1. The number of carbonyl (C=O) groups is 2. The summed E-state index contributed by atoms with van der Waals surface area (Å²) in [5.41, 5.74) is 1.79. The molecule has 3 rings (SSSR count). The van der Waals surface area contributed by atoms with Crippen LogP contribution in [0.15, 0.2) is 35.7 Å². The maximum Gasteiger partial charge on any atom is 0.283 e. The Balaban J connectivity index is 1.74. The molecule has 0 bridgehead atoms. The molecular weight excluding hydrogens is 322 g/mol. The van der Waals surface area contributed by atoms with Gasteiger partial charge in [-0.15, -0.1) is 11.3 Å². The molecule has 0 spiro atoms. The van der Waals surface area contributed by atoms with Gasteiger partial charge in [0.2, 0.25) is 5.91 Å². The number of aromatic nitrogens is 1. The summed E-state index contributed by atoms with van der Waals surface area (Å²) in [5, 5.41) is 2.37. The van der Waals surface area contributed by atoms with Crippen LogP contribution in [-0.2, 0) is 4.79 Å². The van der Waals surface area contributed by atoms with Crippen molar-refractivity contribution in [2.75, 3.05) is 18.5 Å². The third-order valence-corrected chi connectivity index (χ3v) is 5.18. The molecule has 1 aliphatic rings. The molecule has 0 unspecified atom stereocenters. The van der Waals surface area contributed by atoms with Gasteiger partial charge in [-0.1, -0.05) is 32.0 Å². The van der Waals surface area contributed by atoms with Crippen molar-refractivity contribution in [2.24, 2.45) is 0 Å². The Labute approximate surface area is 145 Å². The number of thiazole rings is 1. The third kappa shape index (κ3) is 3.06. The van der Waals surface area contributed by atoms with Crippen molar-refractivity contribution < 1.29 is 9.59 Å². The highest BCUT2D eigenvalue weighted by Crippen LogP contribution is 2.25. The van der Waals surface area contributed by atoms with Gasteiger partial charge in [-0.05, 0) is 24.5 Å². The van der Waals surface area contributed by atoms with Crippen molar-refractivity contribution in [3.05, 3.63) is 46.4 Å². The van der Waals surface area contributed by atoms with E-state index in [1.54, 1.807) is 11.9 Å². The number of hydrogen-bond donors (Lipinski definition) is 0. The van der Waals surface area contributed by atoms with E-state index in [0.717, 1.165) is 11.4 Å². The first-order valence-electron chi connectivity index (χ1n) is 8.08. The minimum absolute atomic E-state index is 0.0299. The van der Waals surface area contributed by atoms with Gasteiger partial charge < -0.3 is 9.80 Å². The first-order chi connectivity index (χ1) is 11.5. The number of carbonyl (C=O) groups excluding carboxylic acids is 2. The largest absolute Gasteiger partial charge is 0.328 e. The standard InChI is InChI=1S/C18H21N3O2S/c1-12(2)14-11-24-16(19-14)18(23)20(3)15-9-10-21(17(15)22)13-7-5-4-6-8-13/h4-8,11-12,15H,9-10H2,1-3H3/t15-/m1/s1. The Kier molecular flexibility index (Phi) is 4.66. The number of rotatable bonds is 4. The molecule has 2 amide bonds. The minimum Gasteiger partial charge on any atom is -0.328 e. The Morgan fingerprint density at radius 1 is 1.33 bits per heavy atom. The molecule has 1 aliphatic heterocycles. The number of amides is 2. The normalized spacial score (nSPS) is 17.6. The predicted octanol–water partition coefficient (Wildman–Crippen LogP) is 3.14.